The van der Waals surface area contributed by atoms with E-state index < -0.39 is 12.1 Å². The molecule has 6 heteroatoms. The van der Waals surface area contributed by atoms with Crippen molar-refractivity contribution in [2.75, 3.05) is 5.75 Å². The highest BCUT2D eigenvalue weighted by Gasteiger charge is 2.11. The minimum atomic E-state index is -0.912. The number of urea groups is 1. The van der Waals surface area contributed by atoms with E-state index in [4.69, 9.17) is 10.5 Å². The molecule has 0 saturated carbocycles. The van der Waals surface area contributed by atoms with Gasteiger partial charge in [0.2, 0.25) is 0 Å². The van der Waals surface area contributed by atoms with Crippen molar-refractivity contribution in [2.45, 2.75) is 18.7 Å². The first-order valence-corrected chi connectivity index (χ1v) is 8.87. The molecule has 2 aromatic carbocycles. The summed E-state index contributed by atoms with van der Waals surface area (Å²) in [5.74, 6) is 8.66. The predicted molar refractivity (Wildman–Crippen MR) is 99.6 cm³/mol. The molecule has 1 unspecified atom stereocenters. The van der Waals surface area contributed by atoms with Gasteiger partial charge in [-0.25, -0.2) is 4.79 Å². The normalized spacial score (nSPS) is 11.1. The SMILES string of the molecule is CC(C#CCSCc1cccc(Oc2ccccc2)c1)N(O)C(N)=O. The molecular weight excluding hydrogens is 336 g/mol. The summed E-state index contributed by atoms with van der Waals surface area (Å²) in [6.07, 6.45) is 0. The van der Waals surface area contributed by atoms with Gasteiger partial charge in [0.1, 0.15) is 17.5 Å². The van der Waals surface area contributed by atoms with Crippen LogP contribution in [0.4, 0.5) is 4.79 Å². The van der Waals surface area contributed by atoms with Crippen molar-refractivity contribution in [1.82, 2.24) is 5.06 Å². The number of hydroxylamine groups is 2. The van der Waals surface area contributed by atoms with Crippen LogP contribution in [0.3, 0.4) is 0 Å². The van der Waals surface area contributed by atoms with Crippen molar-refractivity contribution in [3.05, 3.63) is 60.2 Å². The number of ether oxygens (including phenoxy) is 1. The lowest BCUT2D eigenvalue weighted by molar-refractivity contribution is -0.0536. The molecule has 0 saturated heterocycles. The Morgan fingerprint density at radius 1 is 1.24 bits per heavy atom. The molecule has 2 amide bonds. The molecule has 0 fully saturated rings. The molecule has 25 heavy (non-hydrogen) atoms. The number of amides is 2. The van der Waals surface area contributed by atoms with Crippen molar-refractivity contribution < 1.29 is 14.7 Å². The number of benzene rings is 2. The predicted octanol–water partition coefficient (Wildman–Crippen LogP) is 3.87. The second-order valence-corrected chi connectivity index (χ2v) is 6.22. The molecule has 0 aliphatic rings. The Hall–Kier alpha value is -2.62. The molecule has 0 spiro atoms. The highest BCUT2D eigenvalue weighted by Crippen LogP contribution is 2.23. The zero-order chi connectivity index (χ0) is 18.1. The van der Waals surface area contributed by atoms with Gasteiger partial charge >= 0.3 is 6.03 Å². The number of rotatable bonds is 6. The van der Waals surface area contributed by atoms with Gasteiger partial charge in [-0.2, -0.15) is 5.06 Å². The summed E-state index contributed by atoms with van der Waals surface area (Å²) < 4.78 is 5.81. The van der Waals surface area contributed by atoms with Crippen molar-refractivity contribution in [3.8, 4) is 23.3 Å². The highest BCUT2D eigenvalue weighted by molar-refractivity contribution is 7.98. The molecule has 5 nitrogen and oxygen atoms in total. The number of carbonyl (C=O) groups is 1. The third kappa shape index (κ3) is 6.42. The number of primary amides is 1. The van der Waals surface area contributed by atoms with Crippen LogP contribution in [-0.2, 0) is 5.75 Å². The minimum absolute atomic E-state index is 0.419. The lowest BCUT2D eigenvalue weighted by Gasteiger charge is -2.14. The van der Waals surface area contributed by atoms with Crippen LogP contribution < -0.4 is 10.5 Å². The van der Waals surface area contributed by atoms with Gasteiger partial charge in [-0.15, -0.1) is 11.8 Å². The van der Waals surface area contributed by atoms with Crippen molar-refractivity contribution in [1.29, 1.82) is 0 Å². The van der Waals surface area contributed by atoms with E-state index in [0.717, 1.165) is 22.8 Å². The van der Waals surface area contributed by atoms with Crippen LogP contribution in [0.5, 0.6) is 11.5 Å². The summed E-state index contributed by atoms with van der Waals surface area (Å²) in [7, 11) is 0. The lowest BCUT2D eigenvalue weighted by Crippen LogP contribution is -2.38. The largest absolute Gasteiger partial charge is 0.457 e. The average Bonchev–Trinajstić information content (AvgIpc) is 2.61. The first-order valence-electron chi connectivity index (χ1n) is 7.72. The maximum atomic E-state index is 10.8. The van der Waals surface area contributed by atoms with Gasteiger partial charge in [-0.1, -0.05) is 42.2 Å². The highest BCUT2D eigenvalue weighted by atomic mass is 32.2. The van der Waals surface area contributed by atoms with E-state index in [1.165, 1.54) is 0 Å². The number of hydrogen-bond acceptors (Lipinski definition) is 4. The molecular formula is C19H20N2O3S. The van der Waals surface area contributed by atoms with Crippen LogP contribution in [-0.4, -0.2) is 28.1 Å². The molecule has 0 heterocycles. The van der Waals surface area contributed by atoms with E-state index in [2.05, 4.69) is 11.8 Å². The monoisotopic (exact) mass is 356 g/mol. The standard InChI is InChI=1S/C19H20N2O3S/c1-15(21(23)19(20)22)7-6-12-25-14-16-8-5-11-18(13-16)24-17-9-3-2-4-10-17/h2-5,8-11,13,15,23H,12,14H2,1H3,(H2,20,22). The number of para-hydroxylation sites is 1. The summed E-state index contributed by atoms with van der Waals surface area (Å²) in [5.41, 5.74) is 6.10. The van der Waals surface area contributed by atoms with Crippen LogP contribution in [0, 0.1) is 11.8 Å². The number of hydrogen-bond donors (Lipinski definition) is 2. The summed E-state index contributed by atoms with van der Waals surface area (Å²) in [6.45, 7) is 1.60. The van der Waals surface area contributed by atoms with Crippen molar-refractivity contribution in [3.63, 3.8) is 0 Å². The molecule has 1 atom stereocenters. The van der Waals surface area contributed by atoms with E-state index in [1.54, 1.807) is 18.7 Å². The minimum Gasteiger partial charge on any atom is -0.457 e. The maximum absolute atomic E-state index is 10.8. The molecule has 0 radical (unpaired) electrons. The van der Waals surface area contributed by atoms with Crippen LogP contribution in [0.2, 0.25) is 0 Å². The lowest BCUT2D eigenvalue weighted by atomic mass is 10.2. The first kappa shape index (κ1) is 18.7. The number of nitrogens with zero attached hydrogens (tertiary/aromatic N) is 1. The molecule has 130 valence electrons. The van der Waals surface area contributed by atoms with Crippen LogP contribution in [0.1, 0.15) is 12.5 Å². The summed E-state index contributed by atoms with van der Waals surface area (Å²) >= 11 is 1.64. The number of carbonyl (C=O) groups excluding carboxylic acids is 1. The van der Waals surface area contributed by atoms with Crippen LogP contribution >= 0.6 is 11.8 Å². The van der Waals surface area contributed by atoms with E-state index in [1.807, 2.05) is 54.6 Å². The Balaban J connectivity index is 1.82. The fourth-order valence-electron chi connectivity index (χ4n) is 1.98. The maximum Gasteiger partial charge on any atom is 0.339 e. The van der Waals surface area contributed by atoms with Crippen LogP contribution in [0.15, 0.2) is 54.6 Å². The third-order valence-electron chi connectivity index (χ3n) is 3.22. The van der Waals surface area contributed by atoms with Gasteiger partial charge in [-0.3, -0.25) is 5.21 Å². The molecule has 0 aliphatic heterocycles. The third-order valence-corrected chi connectivity index (χ3v) is 4.11. The second kappa shape index (κ2) is 9.62. The molecule has 2 rings (SSSR count). The summed E-state index contributed by atoms with van der Waals surface area (Å²) in [6, 6.07) is 16.0. The summed E-state index contributed by atoms with van der Waals surface area (Å²) in [5, 5.41) is 9.74. The molecule has 3 N–H and O–H groups in total. The Labute approximate surface area is 151 Å². The zero-order valence-corrected chi connectivity index (χ0v) is 14.7. The average molecular weight is 356 g/mol. The number of thioether (sulfide) groups is 1. The smallest absolute Gasteiger partial charge is 0.339 e. The van der Waals surface area contributed by atoms with Crippen LogP contribution in [0.25, 0.3) is 0 Å². The van der Waals surface area contributed by atoms with E-state index in [-0.39, 0.29) is 0 Å². The van der Waals surface area contributed by atoms with Gasteiger partial charge in [0.15, 0.2) is 0 Å². The summed E-state index contributed by atoms with van der Waals surface area (Å²) in [4.78, 5) is 10.8. The van der Waals surface area contributed by atoms with E-state index >= 15 is 0 Å². The van der Waals surface area contributed by atoms with E-state index in [0.29, 0.717) is 10.8 Å². The molecule has 0 aromatic heterocycles. The topological polar surface area (TPSA) is 75.8 Å². The van der Waals surface area contributed by atoms with E-state index in [9.17, 15) is 10.0 Å². The Morgan fingerprint density at radius 2 is 1.96 bits per heavy atom. The number of nitrogens with two attached hydrogens (primary N) is 1. The van der Waals surface area contributed by atoms with Crippen molar-refractivity contribution in [2.24, 2.45) is 5.73 Å². The van der Waals surface area contributed by atoms with Crippen molar-refractivity contribution >= 4 is 17.8 Å². The van der Waals surface area contributed by atoms with Gasteiger partial charge in [0, 0.05) is 5.75 Å². The quantitative estimate of drug-likeness (QED) is 0.356. The van der Waals surface area contributed by atoms with Gasteiger partial charge < -0.3 is 10.5 Å². The molecule has 0 bridgehead atoms. The first-order chi connectivity index (χ1) is 12.1. The Kier molecular flexibility index (Phi) is 7.20. The zero-order valence-electron chi connectivity index (χ0n) is 13.9. The molecule has 0 aliphatic carbocycles. The van der Waals surface area contributed by atoms with Gasteiger partial charge in [0.25, 0.3) is 0 Å². The molecule has 2 aromatic rings. The second-order valence-electron chi connectivity index (χ2n) is 5.24. The fraction of sp³-hybridized carbons (Fsp3) is 0.211. The Morgan fingerprint density at radius 3 is 2.68 bits per heavy atom. The van der Waals surface area contributed by atoms with Gasteiger partial charge in [-0.05, 0) is 36.8 Å². The van der Waals surface area contributed by atoms with Gasteiger partial charge in [0.05, 0.1) is 5.75 Å². The Bertz CT molecular complexity index is 756. The fourth-order valence-corrected chi connectivity index (χ4v) is 2.69.